The first-order valence-electron chi connectivity index (χ1n) is 3.96. The zero-order valence-electron chi connectivity index (χ0n) is 7.48. The SMILES string of the molecule is Cc1nn(C)c2cncc(C=O)c12. The van der Waals surface area contributed by atoms with Gasteiger partial charge < -0.3 is 0 Å². The molecule has 0 aromatic carbocycles. The monoisotopic (exact) mass is 175 g/mol. The summed E-state index contributed by atoms with van der Waals surface area (Å²) < 4.78 is 1.73. The molecule has 0 radical (unpaired) electrons. The number of fused-ring (bicyclic) bond motifs is 1. The molecule has 0 N–H and O–H groups in total. The van der Waals surface area contributed by atoms with Crippen LogP contribution < -0.4 is 0 Å². The Morgan fingerprint density at radius 1 is 1.46 bits per heavy atom. The minimum Gasteiger partial charge on any atom is -0.298 e. The first-order chi connectivity index (χ1) is 6.24. The molecule has 0 spiro atoms. The molecule has 0 atom stereocenters. The molecule has 13 heavy (non-hydrogen) atoms. The highest BCUT2D eigenvalue weighted by Gasteiger charge is 2.08. The summed E-state index contributed by atoms with van der Waals surface area (Å²) in [5.41, 5.74) is 2.35. The second kappa shape index (κ2) is 2.65. The lowest BCUT2D eigenvalue weighted by atomic mass is 10.1. The van der Waals surface area contributed by atoms with Crippen molar-refractivity contribution in [2.75, 3.05) is 0 Å². The highest BCUT2D eigenvalue weighted by atomic mass is 16.1. The van der Waals surface area contributed by atoms with E-state index in [1.165, 1.54) is 0 Å². The van der Waals surface area contributed by atoms with Crippen molar-refractivity contribution in [3.8, 4) is 0 Å². The van der Waals surface area contributed by atoms with Crippen LogP contribution in [0, 0.1) is 6.92 Å². The summed E-state index contributed by atoms with van der Waals surface area (Å²) in [6, 6.07) is 0. The molecule has 0 saturated carbocycles. The number of nitrogens with zero attached hydrogens (tertiary/aromatic N) is 3. The van der Waals surface area contributed by atoms with Crippen molar-refractivity contribution >= 4 is 17.2 Å². The molecule has 0 aliphatic rings. The largest absolute Gasteiger partial charge is 0.298 e. The van der Waals surface area contributed by atoms with Crippen LogP contribution in [0.4, 0.5) is 0 Å². The van der Waals surface area contributed by atoms with Gasteiger partial charge in [-0.05, 0) is 6.92 Å². The Morgan fingerprint density at radius 3 is 2.92 bits per heavy atom. The molecular formula is C9H9N3O. The van der Waals surface area contributed by atoms with Crippen LogP contribution in [0.15, 0.2) is 12.4 Å². The number of aryl methyl sites for hydroxylation is 2. The van der Waals surface area contributed by atoms with E-state index in [1.54, 1.807) is 17.1 Å². The van der Waals surface area contributed by atoms with Crippen LogP contribution in [0.3, 0.4) is 0 Å². The van der Waals surface area contributed by atoms with E-state index in [4.69, 9.17) is 0 Å². The summed E-state index contributed by atoms with van der Waals surface area (Å²) in [6.45, 7) is 1.88. The molecule has 0 amide bonds. The van der Waals surface area contributed by atoms with Crippen LogP contribution in [0.1, 0.15) is 16.1 Å². The molecule has 4 nitrogen and oxygen atoms in total. The fraction of sp³-hybridized carbons (Fsp3) is 0.222. The lowest BCUT2D eigenvalue weighted by Gasteiger charge is -1.94. The van der Waals surface area contributed by atoms with E-state index in [2.05, 4.69) is 10.1 Å². The lowest BCUT2D eigenvalue weighted by molar-refractivity contribution is 0.112. The molecule has 66 valence electrons. The Bertz CT molecular complexity index is 473. The Labute approximate surface area is 75.2 Å². The predicted molar refractivity (Wildman–Crippen MR) is 48.6 cm³/mol. The van der Waals surface area contributed by atoms with Gasteiger partial charge in [0.15, 0.2) is 6.29 Å². The van der Waals surface area contributed by atoms with Crippen LogP contribution in [-0.4, -0.2) is 21.1 Å². The molecule has 2 aromatic rings. The van der Waals surface area contributed by atoms with Crippen molar-refractivity contribution in [3.05, 3.63) is 23.7 Å². The third-order valence-electron chi connectivity index (χ3n) is 2.09. The van der Waals surface area contributed by atoms with Gasteiger partial charge in [0.05, 0.1) is 17.4 Å². The summed E-state index contributed by atoms with van der Waals surface area (Å²) in [5.74, 6) is 0. The molecule has 0 saturated heterocycles. The summed E-state index contributed by atoms with van der Waals surface area (Å²) in [7, 11) is 1.84. The third-order valence-corrected chi connectivity index (χ3v) is 2.09. The molecule has 0 fully saturated rings. The molecular weight excluding hydrogens is 166 g/mol. The number of hydrogen-bond donors (Lipinski definition) is 0. The zero-order chi connectivity index (χ0) is 9.42. The molecule has 0 bridgehead atoms. The van der Waals surface area contributed by atoms with Gasteiger partial charge in [0.1, 0.15) is 0 Å². The fourth-order valence-corrected chi connectivity index (χ4v) is 1.52. The van der Waals surface area contributed by atoms with Gasteiger partial charge in [0, 0.05) is 24.2 Å². The number of carbonyl (C=O) groups is 1. The Balaban J connectivity index is 2.96. The second-order valence-electron chi connectivity index (χ2n) is 2.95. The van der Waals surface area contributed by atoms with Crippen LogP contribution in [-0.2, 0) is 7.05 Å². The average Bonchev–Trinajstić information content (AvgIpc) is 2.43. The normalized spacial score (nSPS) is 10.6. The number of aldehydes is 1. The maximum Gasteiger partial charge on any atom is 0.152 e. The van der Waals surface area contributed by atoms with Gasteiger partial charge in [0.25, 0.3) is 0 Å². The Morgan fingerprint density at radius 2 is 2.23 bits per heavy atom. The van der Waals surface area contributed by atoms with Crippen molar-refractivity contribution in [1.82, 2.24) is 14.8 Å². The van der Waals surface area contributed by atoms with Crippen LogP contribution >= 0.6 is 0 Å². The smallest absolute Gasteiger partial charge is 0.152 e. The van der Waals surface area contributed by atoms with Gasteiger partial charge in [-0.2, -0.15) is 5.10 Å². The molecule has 2 aromatic heterocycles. The molecule has 2 rings (SSSR count). The van der Waals surface area contributed by atoms with E-state index in [1.807, 2.05) is 14.0 Å². The molecule has 4 heteroatoms. The van der Waals surface area contributed by atoms with Gasteiger partial charge in [0.2, 0.25) is 0 Å². The van der Waals surface area contributed by atoms with Gasteiger partial charge in [-0.25, -0.2) is 0 Å². The quantitative estimate of drug-likeness (QED) is 0.609. The highest BCUT2D eigenvalue weighted by Crippen LogP contribution is 2.18. The van der Waals surface area contributed by atoms with Crippen molar-refractivity contribution in [1.29, 1.82) is 0 Å². The standard InChI is InChI=1S/C9H9N3O/c1-6-9-7(5-13)3-10-4-8(9)12(2)11-6/h3-5H,1-2H3. The average molecular weight is 175 g/mol. The van der Waals surface area contributed by atoms with Crippen LogP contribution in [0.2, 0.25) is 0 Å². The maximum atomic E-state index is 10.7. The van der Waals surface area contributed by atoms with E-state index >= 15 is 0 Å². The fourth-order valence-electron chi connectivity index (χ4n) is 1.52. The van der Waals surface area contributed by atoms with Crippen molar-refractivity contribution < 1.29 is 4.79 Å². The van der Waals surface area contributed by atoms with Crippen molar-refractivity contribution in [2.45, 2.75) is 6.92 Å². The topological polar surface area (TPSA) is 47.8 Å². The summed E-state index contributed by atoms with van der Waals surface area (Å²) >= 11 is 0. The maximum absolute atomic E-state index is 10.7. The van der Waals surface area contributed by atoms with Crippen molar-refractivity contribution in [2.24, 2.45) is 7.05 Å². The van der Waals surface area contributed by atoms with Crippen molar-refractivity contribution in [3.63, 3.8) is 0 Å². The highest BCUT2D eigenvalue weighted by molar-refractivity contribution is 5.97. The summed E-state index contributed by atoms with van der Waals surface area (Å²) in [4.78, 5) is 14.7. The third kappa shape index (κ3) is 1.02. The minimum atomic E-state index is 0.600. The Kier molecular flexibility index (Phi) is 1.62. The number of rotatable bonds is 1. The summed E-state index contributed by atoms with van der Waals surface area (Å²) in [5, 5.41) is 5.11. The molecule has 2 heterocycles. The Hall–Kier alpha value is -1.71. The van der Waals surface area contributed by atoms with E-state index < -0.39 is 0 Å². The van der Waals surface area contributed by atoms with E-state index in [-0.39, 0.29) is 0 Å². The summed E-state index contributed by atoms with van der Waals surface area (Å²) in [6.07, 6.45) is 4.08. The first kappa shape index (κ1) is 7.91. The number of aromatic nitrogens is 3. The van der Waals surface area contributed by atoms with Crippen LogP contribution in [0.5, 0.6) is 0 Å². The molecule has 0 aliphatic carbocycles. The predicted octanol–water partition coefficient (Wildman–Crippen LogP) is 1.09. The van der Waals surface area contributed by atoms with E-state index in [0.717, 1.165) is 22.9 Å². The first-order valence-corrected chi connectivity index (χ1v) is 3.96. The second-order valence-corrected chi connectivity index (χ2v) is 2.95. The van der Waals surface area contributed by atoms with E-state index in [0.29, 0.717) is 5.56 Å². The molecule has 0 aliphatic heterocycles. The molecule has 0 unspecified atom stereocenters. The van der Waals surface area contributed by atoms with Gasteiger partial charge in [-0.3, -0.25) is 14.5 Å². The zero-order valence-corrected chi connectivity index (χ0v) is 7.48. The number of pyridine rings is 1. The van der Waals surface area contributed by atoms with E-state index in [9.17, 15) is 4.79 Å². The van der Waals surface area contributed by atoms with Gasteiger partial charge in [-0.1, -0.05) is 0 Å². The van der Waals surface area contributed by atoms with Gasteiger partial charge >= 0.3 is 0 Å². The van der Waals surface area contributed by atoms with Gasteiger partial charge in [-0.15, -0.1) is 0 Å². The minimum absolute atomic E-state index is 0.600. The van der Waals surface area contributed by atoms with Crippen LogP contribution in [0.25, 0.3) is 10.9 Å². The number of hydrogen-bond acceptors (Lipinski definition) is 3. The lowest BCUT2D eigenvalue weighted by Crippen LogP contribution is -1.90. The number of carbonyl (C=O) groups excluding carboxylic acids is 1.